The molecule has 0 aliphatic carbocycles. The van der Waals surface area contributed by atoms with E-state index in [2.05, 4.69) is 20.7 Å². The topological polar surface area (TPSA) is 81.1 Å². The Bertz CT molecular complexity index is 633. The number of nitrogens with one attached hydrogen (secondary N) is 2. The molecule has 0 radical (unpaired) electrons. The molecule has 1 aliphatic heterocycles. The lowest BCUT2D eigenvalue weighted by atomic mass is 10.0. The number of ether oxygens (including phenoxy) is 1. The van der Waals surface area contributed by atoms with Crippen molar-refractivity contribution >= 4 is 36.4 Å². The molecular weight excluding hydrogens is 365 g/mol. The Balaban J connectivity index is 0.00000156. The van der Waals surface area contributed by atoms with Crippen LogP contribution in [0, 0.1) is 0 Å². The molecule has 1 saturated heterocycles. The van der Waals surface area contributed by atoms with Gasteiger partial charge in [-0.1, -0.05) is 12.5 Å². The van der Waals surface area contributed by atoms with Crippen molar-refractivity contribution in [2.75, 3.05) is 18.5 Å². The molecule has 2 heterocycles. The quantitative estimate of drug-likeness (QED) is 0.794. The number of hydrogen-bond acceptors (Lipinski definition) is 5. The standard InChI is InChI=1S/C16H21N5O2.2ClH/c22-16(15-6-1-2-7-18-15)20-13-4-3-5-14(10-13)23-9-8-21-12-17-11-19-21;;/h3-5,10-12,15,18H,1-2,6-9H2,(H,20,22);2*1H/t15-;;/m1../s1. The number of carbonyl (C=O) groups excluding carboxylic acids is 1. The average molecular weight is 388 g/mol. The second kappa shape index (κ2) is 10.9. The Kier molecular flexibility index (Phi) is 9.26. The van der Waals surface area contributed by atoms with Crippen LogP contribution in [0.25, 0.3) is 0 Å². The van der Waals surface area contributed by atoms with Crippen molar-refractivity contribution in [2.45, 2.75) is 31.8 Å². The van der Waals surface area contributed by atoms with Gasteiger partial charge in [-0.05, 0) is 31.5 Å². The summed E-state index contributed by atoms with van der Waals surface area (Å²) in [5, 5.41) is 10.2. The molecule has 1 aromatic heterocycles. The number of carbonyl (C=O) groups is 1. The zero-order valence-electron chi connectivity index (χ0n) is 13.8. The third kappa shape index (κ3) is 6.53. The van der Waals surface area contributed by atoms with E-state index in [9.17, 15) is 4.79 Å². The van der Waals surface area contributed by atoms with Crippen LogP contribution >= 0.6 is 24.8 Å². The lowest BCUT2D eigenvalue weighted by molar-refractivity contribution is -0.118. The monoisotopic (exact) mass is 387 g/mol. The summed E-state index contributed by atoms with van der Waals surface area (Å²) in [6.07, 6.45) is 6.27. The van der Waals surface area contributed by atoms with Gasteiger partial charge in [0.05, 0.1) is 12.6 Å². The van der Waals surface area contributed by atoms with Crippen LogP contribution in [0.4, 0.5) is 5.69 Å². The van der Waals surface area contributed by atoms with E-state index >= 15 is 0 Å². The SMILES string of the molecule is Cl.Cl.O=C(Nc1cccc(OCCn2cncn2)c1)[C@H]1CCCCN1. The van der Waals surface area contributed by atoms with Crippen LogP contribution in [0.1, 0.15) is 19.3 Å². The lowest BCUT2D eigenvalue weighted by Gasteiger charge is -2.22. The summed E-state index contributed by atoms with van der Waals surface area (Å²) in [4.78, 5) is 16.1. The summed E-state index contributed by atoms with van der Waals surface area (Å²) in [6, 6.07) is 7.35. The number of hydrogen-bond donors (Lipinski definition) is 2. The van der Waals surface area contributed by atoms with Crippen LogP contribution in [0.3, 0.4) is 0 Å². The normalized spacial score (nSPS) is 16.2. The van der Waals surface area contributed by atoms with Gasteiger partial charge in [0.15, 0.2) is 0 Å². The highest BCUT2D eigenvalue weighted by Gasteiger charge is 2.20. The van der Waals surface area contributed by atoms with E-state index in [0.29, 0.717) is 13.2 Å². The Labute approximate surface area is 159 Å². The van der Waals surface area contributed by atoms with Gasteiger partial charge in [-0.25, -0.2) is 9.67 Å². The molecule has 1 aliphatic rings. The maximum atomic E-state index is 12.2. The third-order valence-electron chi connectivity index (χ3n) is 3.78. The first-order valence-corrected chi connectivity index (χ1v) is 7.91. The first-order valence-electron chi connectivity index (χ1n) is 7.91. The fourth-order valence-electron chi connectivity index (χ4n) is 2.57. The molecular formula is C16H23Cl2N5O2. The molecule has 25 heavy (non-hydrogen) atoms. The van der Waals surface area contributed by atoms with Crippen LogP contribution in [0.15, 0.2) is 36.9 Å². The number of piperidine rings is 1. The molecule has 2 aromatic rings. The van der Waals surface area contributed by atoms with Crippen LogP contribution in [-0.2, 0) is 11.3 Å². The Morgan fingerprint density at radius 1 is 1.36 bits per heavy atom. The van der Waals surface area contributed by atoms with E-state index in [1.54, 1.807) is 11.0 Å². The minimum Gasteiger partial charge on any atom is -0.492 e. The number of benzene rings is 1. The summed E-state index contributed by atoms with van der Waals surface area (Å²) in [5.74, 6) is 0.740. The van der Waals surface area contributed by atoms with Crippen molar-refractivity contribution in [3.8, 4) is 5.75 Å². The zero-order valence-corrected chi connectivity index (χ0v) is 15.4. The summed E-state index contributed by atoms with van der Waals surface area (Å²) in [6.45, 7) is 2.02. The van der Waals surface area contributed by atoms with Crippen LogP contribution in [0.2, 0.25) is 0 Å². The lowest BCUT2D eigenvalue weighted by Crippen LogP contribution is -2.43. The molecule has 138 valence electrons. The molecule has 0 spiro atoms. The summed E-state index contributed by atoms with van der Waals surface area (Å²) >= 11 is 0. The van der Waals surface area contributed by atoms with E-state index in [1.165, 1.54) is 6.33 Å². The molecule has 1 amide bonds. The summed E-state index contributed by atoms with van der Waals surface area (Å²) < 4.78 is 7.40. The molecule has 0 bridgehead atoms. The molecule has 1 aromatic carbocycles. The predicted molar refractivity (Wildman–Crippen MR) is 101 cm³/mol. The number of amides is 1. The minimum absolute atomic E-state index is 0. The molecule has 7 nitrogen and oxygen atoms in total. The molecule has 0 unspecified atom stereocenters. The molecule has 3 rings (SSSR count). The van der Waals surface area contributed by atoms with Gasteiger partial charge in [-0.2, -0.15) is 5.10 Å². The van der Waals surface area contributed by atoms with E-state index in [0.717, 1.165) is 37.2 Å². The van der Waals surface area contributed by atoms with Crippen LogP contribution in [-0.4, -0.2) is 39.9 Å². The van der Waals surface area contributed by atoms with Crippen LogP contribution in [0.5, 0.6) is 5.75 Å². The van der Waals surface area contributed by atoms with Crippen molar-refractivity contribution in [3.63, 3.8) is 0 Å². The molecule has 1 atom stereocenters. The number of halogens is 2. The Morgan fingerprint density at radius 2 is 2.24 bits per heavy atom. The van der Waals surface area contributed by atoms with Gasteiger partial charge in [0, 0.05) is 11.8 Å². The second-order valence-electron chi connectivity index (χ2n) is 5.53. The van der Waals surface area contributed by atoms with Gasteiger partial charge >= 0.3 is 0 Å². The first kappa shape index (κ1) is 21.2. The maximum absolute atomic E-state index is 12.2. The molecule has 9 heteroatoms. The van der Waals surface area contributed by atoms with Crippen molar-refractivity contribution < 1.29 is 9.53 Å². The van der Waals surface area contributed by atoms with Crippen molar-refractivity contribution in [1.82, 2.24) is 20.1 Å². The molecule has 1 fully saturated rings. The Morgan fingerprint density at radius 3 is 2.96 bits per heavy atom. The van der Waals surface area contributed by atoms with E-state index in [-0.39, 0.29) is 36.8 Å². The second-order valence-corrected chi connectivity index (χ2v) is 5.53. The third-order valence-corrected chi connectivity index (χ3v) is 3.78. The van der Waals surface area contributed by atoms with Gasteiger partial charge in [0.2, 0.25) is 5.91 Å². The number of anilines is 1. The van der Waals surface area contributed by atoms with E-state index < -0.39 is 0 Å². The predicted octanol–water partition coefficient (Wildman–Crippen LogP) is 2.28. The highest BCUT2D eigenvalue weighted by atomic mass is 35.5. The summed E-state index contributed by atoms with van der Waals surface area (Å²) in [7, 11) is 0. The average Bonchev–Trinajstić information content (AvgIpc) is 3.09. The van der Waals surface area contributed by atoms with Crippen molar-refractivity contribution in [2.24, 2.45) is 0 Å². The largest absolute Gasteiger partial charge is 0.492 e. The smallest absolute Gasteiger partial charge is 0.241 e. The zero-order chi connectivity index (χ0) is 15.9. The van der Waals surface area contributed by atoms with Gasteiger partial charge < -0.3 is 15.4 Å². The molecule has 0 saturated carbocycles. The highest BCUT2D eigenvalue weighted by molar-refractivity contribution is 5.95. The van der Waals surface area contributed by atoms with Gasteiger partial charge in [-0.3, -0.25) is 4.79 Å². The van der Waals surface area contributed by atoms with Crippen molar-refractivity contribution in [1.29, 1.82) is 0 Å². The van der Waals surface area contributed by atoms with E-state index in [1.807, 2.05) is 24.3 Å². The fourth-order valence-corrected chi connectivity index (χ4v) is 2.57. The molecule has 2 N–H and O–H groups in total. The maximum Gasteiger partial charge on any atom is 0.241 e. The highest BCUT2D eigenvalue weighted by Crippen LogP contribution is 2.18. The number of aromatic nitrogens is 3. The minimum atomic E-state index is -0.0966. The van der Waals surface area contributed by atoms with Crippen molar-refractivity contribution in [3.05, 3.63) is 36.9 Å². The first-order chi connectivity index (χ1) is 11.3. The fraction of sp³-hybridized carbons (Fsp3) is 0.438. The van der Waals surface area contributed by atoms with E-state index in [4.69, 9.17) is 4.74 Å². The summed E-state index contributed by atoms with van der Waals surface area (Å²) in [5.41, 5.74) is 0.751. The van der Waals surface area contributed by atoms with Crippen LogP contribution < -0.4 is 15.4 Å². The number of rotatable bonds is 6. The Hall–Kier alpha value is -1.83. The van der Waals surface area contributed by atoms with Gasteiger partial charge in [0.25, 0.3) is 0 Å². The van der Waals surface area contributed by atoms with Gasteiger partial charge in [-0.15, -0.1) is 24.8 Å². The van der Waals surface area contributed by atoms with Gasteiger partial charge in [0.1, 0.15) is 25.0 Å². The number of nitrogens with zero attached hydrogens (tertiary/aromatic N) is 3.